The second kappa shape index (κ2) is 12.7. The van der Waals surface area contributed by atoms with Crippen molar-refractivity contribution < 1.29 is 9.59 Å². The molecule has 42 heavy (non-hydrogen) atoms. The maximum atomic E-state index is 12.9. The molecule has 0 bridgehead atoms. The van der Waals surface area contributed by atoms with Crippen molar-refractivity contribution in [1.29, 1.82) is 0 Å². The van der Waals surface area contributed by atoms with Gasteiger partial charge in [0.2, 0.25) is 0 Å². The number of carbonyl (C=O) groups is 2. The van der Waals surface area contributed by atoms with Gasteiger partial charge in [-0.2, -0.15) is 0 Å². The van der Waals surface area contributed by atoms with E-state index >= 15 is 0 Å². The molecule has 6 rings (SSSR count). The maximum absolute atomic E-state index is 12.9. The number of hydrogen-bond acceptors (Lipinski definition) is 7. The van der Waals surface area contributed by atoms with Crippen molar-refractivity contribution in [3.05, 3.63) is 102 Å². The highest BCUT2D eigenvalue weighted by Crippen LogP contribution is 2.23. The number of nitrogens with zero attached hydrogens (tertiary/aromatic N) is 3. The lowest BCUT2D eigenvalue weighted by Gasteiger charge is -2.11. The zero-order chi connectivity index (χ0) is 28.7. The lowest BCUT2D eigenvalue weighted by atomic mass is 10.1. The van der Waals surface area contributed by atoms with Gasteiger partial charge in [-0.1, -0.05) is 42.5 Å². The van der Waals surface area contributed by atoms with Crippen LogP contribution < -0.4 is 21.3 Å². The van der Waals surface area contributed by atoms with Gasteiger partial charge in [0.25, 0.3) is 11.8 Å². The monoisotopic (exact) mass is 557 g/mol. The zero-order valence-corrected chi connectivity index (χ0v) is 23.1. The van der Waals surface area contributed by atoms with Crippen LogP contribution in [0.1, 0.15) is 20.7 Å². The van der Waals surface area contributed by atoms with Crippen molar-refractivity contribution in [1.82, 2.24) is 36.2 Å². The first kappa shape index (κ1) is 27.2. The summed E-state index contributed by atoms with van der Waals surface area (Å²) in [5.74, 6) is -0.283. The quantitative estimate of drug-likeness (QED) is 0.141. The average Bonchev–Trinajstić information content (AvgIpc) is 3.02. The smallest absolute Gasteiger partial charge is 0.253 e. The third kappa shape index (κ3) is 6.02. The number of nitrogens with one attached hydrogen (secondary N) is 4. The van der Waals surface area contributed by atoms with Crippen molar-refractivity contribution in [3.8, 4) is 0 Å². The fourth-order valence-corrected chi connectivity index (χ4v) is 4.97. The van der Waals surface area contributed by atoms with E-state index in [1.807, 2.05) is 84.9 Å². The second-order valence-corrected chi connectivity index (χ2v) is 9.95. The summed E-state index contributed by atoms with van der Waals surface area (Å²) in [7, 11) is 0. The predicted octanol–water partition coefficient (Wildman–Crippen LogP) is 3.82. The molecule has 0 saturated carbocycles. The van der Waals surface area contributed by atoms with E-state index in [2.05, 4.69) is 31.2 Å². The molecule has 2 amide bonds. The molecule has 0 fully saturated rings. The van der Waals surface area contributed by atoms with E-state index < -0.39 is 0 Å². The van der Waals surface area contributed by atoms with Gasteiger partial charge in [-0.05, 0) is 48.5 Å². The highest BCUT2D eigenvalue weighted by Gasteiger charge is 2.13. The van der Waals surface area contributed by atoms with Crippen molar-refractivity contribution in [2.75, 3.05) is 39.3 Å². The predicted molar refractivity (Wildman–Crippen MR) is 167 cm³/mol. The summed E-state index contributed by atoms with van der Waals surface area (Å²) >= 11 is 0. The fourth-order valence-electron chi connectivity index (χ4n) is 4.97. The Morgan fingerprint density at radius 3 is 1.76 bits per heavy atom. The summed E-state index contributed by atoms with van der Waals surface area (Å²) in [6.07, 6.45) is 0. The van der Waals surface area contributed by atoms with Crippen LogP contribution in [0.15, 0.2) is 91.0 Å². The Kier molecular flexibility index (Phi) is 8.21. The number of benzene rings is 4. The van der Waals surface area contributed by atoms with E-state index in [4.69, 9.17) is 4.98 Å². The minimum absolute atomic E-state index is 0.112. The van der Waals surface area contributed by atoms with Crippen LogP contribution >= 0.6 is 0 Å². The van der Waals surface area contributed by atoms with Crippen LogP contribution in [-0.2, 0) is 0 Å². The molecule has 2 aromatic heterocycles. The van der Waals surface area contributed by atoms with Crippen LogP contribution in [0.5, 0.6) is 0 Å². The number of rotatable bonds is 11. The normalized spacial score (nSPS) is 11.3. The first-order chi connectivity index (χ1) is 20.7. The van der Waals surface area contributed by atoms with Crippen LogP contribution in [0.25, 0.3) is 43.9 Å². The van der Waals surface area contributed by atoms with Gasteiger partial charge in [-0.15, -0.1) is 0 Å². The molecule has 4 N–H and O–H groups in total. The summed E-state index contributed by atoms with van der Waals surface area (Å²) in [6, 6.07) is 28.7. The number of fused-ring (bicyclic) bond motifs is 4. The molecule has 0 atom stereocenters. The van der Waals surface area contributed by atoms with Crippen LogP contribution in [0.4, 0.5) is 0 Å². The number of hydrogen-bond donors (Lipinski definition) is 4. The van der Waals surface area contributed by atoms with Crippen molar-refractivity contribution in [2.24, 2.45) is 0 Å². The zero-order valence-electron chi connectivity index (χ0n) is 23.1. The lowest BCUT2D eigenvalue weighted by Crippen LogP contribution is -2.37. The van der Waals surface area contributed by atoms with Crippen molar-refractivity contribution >= 4 is 55.7 Å². The molecular weight excluding hydrogens is 526 g/mol. The Balaban J connectivity index is 0.902. The van der Waals surface area contributed by atoms with Gasteiger partial charge in [0.1, 0.15) is 5.52 Å². The van der Waals surface area contributed by atoms with E-state index in [9.17, 15) is 9.59 Å². The first-order valence-corrected chi connectivity index (χ1v) is 14.1. The number of carbonyl (C=O) groups excluding carboxylic acids is 2. The molecule has 9 heteroatoms. The molecule has 4 aromatic carbocycles. The summed E-state index contributed by atoms with van der Waals surface area (Å²) < 4.78 is 0. The molecule has 0 aliphatic rings. The molecule has 0 aliphatic carbocycles. The molecule has 0 saturated heterocycles. The van der Waals surface area contributed by atoms with Crippen LogP contribution in [-0.4, -0.2) is 66.0 Å². The highest BCUT2D eigenvalue weighted by molar-refractivity contribution is 6.09. The van der Waals surface area contributed by atoms with Gasteiger partial charge in [0, 0.05) is 55.6 Å². The van der Waals surface area contributed by atoms with E-state index in [1.165, 1.54) is 0 Å². The van der Waals surface area contributed by atoms with Gasteiger partial charge in [0.05, 0.1) is 33.1 Å². The van der Waals surface area contributed by atoms with E-state index in [-0.39, 0.29) is 11.8 Å². The second-order valence-electron chi connectivity index (χ2n) is 9.95. The van der Waals surface area contributed by atoms with Crippen molar-refractivity contribution in [2.45, 2.75) is 0 Å². The molecule has 0 aliphatic heterocycles. The van der Waals surface area contributed by atoms with E-state index in [1.54, 1.807) is 6.07 Å². The summed E-state index contributed by atoms with van der Waals surface area (Å²) in [5, 5.41) is 14.4. The summed E-state index contributed by atoms with van der Waals surface area (Å²) in [4.78, 5) is 39.7. The minimum atomic E-state index is -0.170. The highest BCUT2D eigenvalue weighted by atomic mass is 16.2. The minimum Gasteiger partial charge on any atom is -0.351 e. The van der Waals surface area contributed by atoms with Crippen molar-refractivity contribution in [3.63, 3.8) is 0 Å². The van der Waals surface area contributed by atoms with Gasteiger partial charge in [0.15, 0.2) is 0 Å². The van der Waals surface area contributed by atoms with Crippen LogP contribution in [0.3, 0.4) is 0 Å². The molecule has 0 radical (unpaired) electrons. The number of amides is 2. The fraction of sp³-hybridized carbons (Fsp3) is 0.182. The molecule has 0 unspecified atom stereocenters. The number of pyridine rings is 1. The van der Waals surface area contributed by atoms with Crippen LogP contribution in [0.2, 0.25) is 0 Å². The molecule has 9 nitrogen and oxygen atoms in total. The molecular formula is C33H31N7O2. The van der Waals surface area contributed by atoms with E-state index in [0.717, 1.165) is 45.9 Å². The number of aromatic nitrogens is 3. The molecule has 6 aromatic rings. The SMILES string of the molecule is O=C(NCCNCCNCCNC(=O)c1cccc2nc3ccccc3nc12)c1cccc2nc3ccccc3cc12. The Morgan fingerprint density at radius 1 is 0.500 bits per heavy atom. The third-order valence-electron chi connectivity index (χ3n) is 7.07. The van der Waals surface area contributed by atoms with Gasteiger partial charge in [-0.3, -0.25) is 9.59 Å². The molecule has 210 valence electrons. The average molecular weight is 558 g/mol. The topological polar surface area (TPSA) is 121 Å². The lowest BCUT2D eigenvalue weighted by molar-refractivity contribution is 0.0947. The standard InChI is InChI=1S/C33H31N7O2/c41-32(23-8-5-13-27-25(23)21-22-7-1-2-10-26(22)38-27)36-19-17-34-15-16-35-18-20-37-33(42)24-9-6-14-30-31(24)40-29-12-4-3-11-28(29)39-30/h1-14,21,34-35H,15-20H2,(H,36,41)(H,37,42). The number of para-hydroxylation sites is 4. The van der Waals surface area contributed by atoms with Crippen LogP contribution in [0, 0.1) is 0 Å². The Hall–Kier alpha value is -4.99. The van der Waals surface area contributed by atoms with E-state index in [0.29, 0.717) is 48.3 Å². The van der Waals surface area contributed by atoms with Gasteiger partial charge < -0.3 is 21.3 Å². The maximum Gasteiger partial charge on any atom is 0.253 e. The Morgan fingerprint density at radius 2 is 1.02 bits per heavy atom. The third-order valence-corrected chi connectivity index (χ3v) is 7.07. The molecule has 2 heterocycles. The Bertz CT molecular complexity index is 1770. The Labute approximate surface area is 242 Å². The summed E-state index contributed by atoms with van der Waals surface area (Å²) in [6.45, 7) is 3.74. The first-order valence-electron chi connectivity index (χ1n) is 14.1. The van der Waals surface area contributed by atoms with Gasteiger partial charge in [-0.25, -0.2) is 15.0 Å². The molecule has 0 spiro atoms. The summed E-state index contributed by atoms with van der Waals surface area (Å²) in [5.41, 5.74) is 5.73. The largest absolute Gasteiger partial charge is 0.351 e. The van der Waals surface area contributed by atoms with Gasteiger partial charge >= 0.3 is 0 Å².